The second kappa shape index (κ2) is 7.40. The number of nitrogens with zero attached hydrogens (tertiary/aromatic N) is 2. The van der Waals surface area contributed by atoms with E-state index in [0.29, 0.717) is 17.8 Å². The summed E-state index contributed by atoms with van der Waals surface area (Å²) in [7, 11) is 2.02. The quantitative estimate of drug-likeness (QED) is 0.698. The molecule has 0 spiro atoms. The molecule has 1 aromatic heterocycles. The molecule has 4 rings (SSSR count). The summed E-state index contributed by atoms with van der Waals surface area (Å²) < 4.78 is 14.1. The summed E-state index contributed by atoms with van der Waals surface area (Å²) >= 11 is 0. The van der Waals surface area contributed by atoms with E-state index in [9.17, 15) is 14.3 Å². The first-order chi connectivity index (χ1) is 13.5. The van der Waals surface area contributed by atoms with Crippen LogP contribution in [0.2, 0.25) is 0 Å². The van der Waals surface area contributed by atoms with Crippen molar-refractivity contribution in [1.29, 1.82) is 0 Å². The molecule has 0 amide bonds. The average molecular weight is 377 g/mol. The van der Waals surface area contributed by atoms with E-state index >= 15 is 0 Å². The molecule has 0 unspecified atom stereocenters. The van der Waals surface area contributed by atoms with Crippen LogP contribution >= 0.6 is 0 Å². The normalized spacial score (nSPS) is 16.0. The summed E-state index contributed by atoms with van der Waals surface area (Å²) in [5.74, 6) is -1.22. The number of benzene rings is 2. The fourth-order valence-corrected chi connectivity index (χ4v) is 3.74. The number of carboxylic acid groups (broad SMARTS) is 1. The van der Waals surface area contributed by atoms with Gasteiger partial charge in [-0.1, -0.05) is 30.3 Å². The molecule has 0 saturated carbocycles. The van der Waals surface area contributed by atoms with Crippen LogP contribution in [0.25, 0.3) is 11.1 Å². The number of pyridine rings is 1. The molecule has 28 heavy (non-hydrogen) atoms. The molecule has 142 valence electrons. The number of hydrogen-bond acceptors (Lipinski definition) is 4. The third-order valence-corrected chi connectivity index (χ3v) is 5.18. The first-order valence-electron chi connectivity index (χ1n) is 9.03. The fraction of sp³-hybridized carbons (Fsp3) is 0.182. The largest absolute Gasteiger partial charge is 0.478 e. The predicted octanol–water partition coefficient (Wildman–Crippen LogP) is 4.18. The molecule has 3 aromatic rings. The van der Waals surface area contributed by atoms with E-state index in [0.717, 1.165) is 23.2 Å². The molecular formula is C22H20FN3O2. The zero-order valence-corrected chi connectivity index (χ0v) is 15.4. The molecule has 0 saturated heterocycles. The number of rotatable bonds is 5. The monoisotopic (exact) mass is 377 g/mol. The van der Waals surface area contributed by atoms with E-state index < -0.39 is 5.97 Å². The summed E-state index contributed by atoms with van der Waals surface area (Å²) in [4.78, 5) is 17.6. The van der Waals surface area contributed by atoms with Gasteiger partial charge in [0.1, 0.15) is 5.82 Å². The molecule has 1 atom stereocenters. The van der Waals surface area contributed by atoms with E-state index in [4.69, 9.17) is 0 Å². The van der Waals surface area contributed by atoms with E-state index in [1.807, 2.05) is 31.3 Å². The topological polar surface area (TPSA) is 65.5 Å². The van der Waals surface area contributed by atoms with Gasteiger partial charge in [-0.3, -0.25) is 9.88 Å². The van der Waals surface area contributed by atoms with Gasteiger partial charge >= 0.3 is 5.97 Å². The van der Waals surface area contributed by atoms with Crippen LogP contribution in [0.4, 0.5) is 10.1 Å². The Morgan fingerprint density at radius 2 is 2.11 bits per heavy atom. The number of halogens is 1. The van der Waals surface area contributed by atoms with Gasteiger partial charge in [0.05, 0.1) is 23.5 Å². The fourth-order valence-electron chi connectivity index (χ4n) is 3.74. The van der Waals surface area contributed by atoms with Crippen molar-refractivity contribution in [2.75, 3.05) is 18.9 Å². The molecule has 2 N–H and O–H groups in total. The van der Waals surface area contributed by atoms with Gasteiger partial charge in [0.15, 0.2) is 0 Å². The van der Waals surface area contributed by atoms with Crippen LogP contribution in [0.1, 0.15) is 27.5 Å². The second-order valence-electron chi connectivity index (χ2n) is 6.93. The Hall–Kier alpha value is -3.25. The van der Waals surface area contributed by atoms with Crippen LogP contribution in [0.3, 0.4) is 0 Å². The maximum atomic E-state index is 14.1. The van der Waals surface area contributed by atoms with Gasteiger partial charge < -0.3 is 10.4 Å². The lowest BCUT2D eigenvalue weighted by molar-refractivity contribution is 0.0697. The SMILES string of the molecule is CN1Cc2cc(-c3ccccc3F)ccc2[C@@H]1CNc1cnccc1C(=O)O. The van der Waals surface area contributed by atoms with Crippen LogP contribution in [-0.4, -0.2) is 34.6 Å². The first-order valence-corrected chi connectivity index (χ1v) is 9.03. The summed E-state index contributed by atoms with van der Waals surface area (Å²) in [5, 5.41) is 12.5. The Morgan fingerprint density at radius 3 is 2.89 bits per heavy atom. The van der Waals surface area contributed by atoms with E-state index in [-0.39, 0.29) is 17.4 Å². The molecule has 0 aliphatic carbocycles. The van der Waals surface area contributed by atoms with Crippen molar-refractivity contribution in [3.63, 3.8) is 0 Å². The lowest BCUT2D eigenvalue weighted by Gasteiger charge is -2.22. The molecule has 5 nitrogen and oxygen atoms in total. The van der Waals surface area contributed by atoms with Gasteiger partial charge in [0.25, 0.3) is 0 Å². The molecule has 6 heteroatoms. The summed E-state index contributed by atoms with van der Waals surface area (Å²) in [6, 6.07) is 14.4. The minimum Gasteiger partial charge on any atom is -0.478 e. The van der Waals surface area contributed by atoms with Gasteiger partial charge in [-0.2, -0.15) is 0 Å². The van der Waals surface area contributed by atoms with E-state index in [1.54, 1.807) is 12.1 Å². The van der Waals surface area contributed by atoms with Crippen molar-refractivity contribution in [2.45, 2.75) is 12.6 Å². The molecule has 0 radical (unpaired) electrons. The number of likely N-dealkylation sites (N-methyl/N-ethyl adjacent to an activating group) is 1. The van der Waals surface area contributed by atoms with Crippen LogP contribution in [0.5, 0.6) is 0 Å². The standard InChI is InChI=1S/C22H20FN3O2/c1-26-13-15-10-14(16-4-2-3-5-19(16)23)6-7-17(15)21(26)12-25-20-11-24-9-8-18(20)22(27)28/h2-11,21,25H,12-13H2,1H3,(H,27,28)/t21-/m0/s1. The minimum atomic E-state index is -0.986. The van der Waals surface area contributed by atoms with Crippen LogP contribution in [0, 0.1) is 5.82 Å². The maximum absolute atomic E-state index is 14.1. The van der Waals surface area contributed by atoms with Crippen molar-refractivity contribution >= 4 is 11.7 Å². The van der Waals surface area contributed by atoms with Gasteiger partial charge in [0.2, 0.25) is 0 Å². The van der Waals surface area contributed by atoms with Gasteiger partial charge in [-0.15, -0.1) is 0 Å². The highest BCUT2D eigenvalue weighted by molar-refractivity contribution is 5.93. The second-order valence-corrected chi connectivity index (χ2v) is 6.93. The maximum Gasteiger partial charge on any atom is 0.337 e. The molecule has 0 bridgehead atoms. The number of aromatic nitrogens is 1. The summed E-state index contributed by atoms with van der Waals surface area (Å²) in [5.41, 5.74) is 4.47. The van der Waals surface area contributed by atoms with Gasteiger partial charge in [0, 0.05) is 24.8 Å². The first kappa shape index (κ1) is 18.1. The highest BCUT2D eigenvalue weighted by atomic mass is 19.1. The molecule has 0 fully saturated rings. The molecule has 1 aliphatic rings. The highest BCUT2D eigenvalue weighted by Gasteiger charge is 2.28. The molecular weight excluding hydrogens is 357 g/mol. The van der Waals surface area contributed by atoms with Crippen molar-refractivity contribution in [3.05, 3.63) is 83.4 Å². The number of nitrogens with one attached hydrogen (secondary N) is 1. The van der Waals surface area contributed by atoms with Crippen LogP contribution in [-0.2, 0) is 6.54 Å². The summed E-state index contributed by atoms with van der Waals surface area (Å²) in [6.07, 6.45) is 3.00. The Kier molecular flexibility index (Phi) is 4.79. The Morgan fingerprint density at radius 1 is 1.29 bits per heavy atom. The molecule has 1 aliphatic heterocycles. The van der Waals surface area contributed by atoms with E-state index in [1.165, 1.54) is 24.5 Å². The third kappa shape index (κ3) is 3.34. The van der Waals surface area contributed by atoms with Crippen LogP contribution in [0.15, 0.2) is 60.9 Å². The zero-order valence-electron chi connectivity index (χ0n) is 15.4. The Balaban J connectivity index is 1.58. The number of fused-ring (bicyclic) bond motifs is 1. The van der Waals surface area contributed by atoms with Crippen molar-refractivity contribution < 1.29 is 14.3 Å². The number of carbonyl (C=O) groups is 1. The molecule has 2 heterocycles. The lowest BCUT2D eigenvalue weighted by Crippen LogP contribution is -2.24. The zero-order chi connectivity index (χ0) is 19.7. The number of carboxylic acids is 1. The Labute approximate surface area is 162 Å². The smallest absolute Gasteiger partial charge is 0.337 e. The molecule has 2 aromatic carbocycles. The lowest BCUT2D eigenvalue weighted by atomic mass is 9.97. The van der Waals surface area contributed by atoms with Crippen LogP contribution < -0.4 is 5.32 Å². The van der Waals surface area contributed by atoms with Crippen molar-refractivity contribution in [2.24, 2.45) is 0 Å². The number of aromatic carboxylic acids is 1. The van der Waals surface area contributed by atoms with Crippen molar-refractivity contribution in [3.8, 4) is 11.1 Å². The average Bonchev–Trinajstić information content (AvgIpc) is 3.01. The number of hydrogen-bond donors (Lipinski definition) is 2. The highest BCUT2D eigenvalue weighted by Crippen LogP contribution is 2.36. The van der Waals surface area contributed by atoms with Gasteiger partial charge in [-0.05, 0) is 41.9 Å². The number of anilines is 1. The predicted molar refractivity (Wildman–Crippen MR) is 106 cm³/mol. The van der Waals surface area contributed by atoms with Gasteiger partial charge in [-0.25, -0.2) is 9.18 Å². The summed E-state index contributed by atoms with van der Waals surface area (Å²) in [6.45, 7) is 1.30. The van der Waals surface area contributed by atoms with E-state index in [2.05, 4.69) is 15.2 Å². The minimum absolute atomic E-state index is 0.0894. The van der Waals surface area contributed by atoms with Crippen molar-refractivity contribution in [1.82, 2.24) is 9.88 Å². The third-order valence-electron chi connectivity index (χ3n) is 5.18. The Bertz CT molecular complexity index is 1040.